The fourth-order valence-electron chi connectivity index (χ4n) is 2.19. The molecule has 21 heavy (non-hydrogen) atoms. The van der Waals surface area contributed by atoms with Gasteiger partial charge in [0.15, 0.2) is 5.65 Å². The third kappa shape index (κ3) is 2.15. The Morgan fingerprint density at radius 2 is 2.10 bits per heavy atom. The van der Waals surface area contributed by atoms with Crippen LogP contribution < -0.4 is 5.32 Å². The van der Waals surface area contributed by atoms with Crippen LogP contribution in [0.15, 0.2) is 42.7 Å². The molecule has 0 aliphatic heterocycles. The second-order valence-electron chi connectivity index (χ2n) is 4.51. The Bertz CT molecular complexity index is 948. The Labute approximate surface area is 124 Å². The highest BCUT2D eigenvalue weighted by Gasteiger charge is 2.09. The fraction of sp³-hybridized carbons (Fsp3) is 0. The number of nitrogens with one attached hydrogen (secondary N) is 2. The van der Waals surface area contributed by atoms with Crippen molar-refractivity contribution in [2.75, 3.05) is 5.32 Å². The number of hydrogen-bond donors (Lipinski definition) is 2. The standard InChI is InChI=1S/C14H9ClN6/c15-14-19-12(10-7-17-21-13(10)20-14)18-9-3-4-11-8(6-9)2-1-5-16-11/h1-7H,(H2,17,18,19,20,21). The van der Waals surface area contributed by atoms with Crippen molar-refractivity contribution in [2.45, 2.75) is 0 Å². The summed E-state index contributed by atoms with van der Waals surface area (Å²) in [6.45, 7) is 0. The molecule has 0 saturated heterocycles. The summed E-state index contributed by atoms with van der Waals surface area (Å²) in [6.07, 6.45) is 3.44. The molecule has 4 rings (SSSR count). The molecule has 3 heterocycles. The third-order valence-corrected chi connectivity index (χ3v) is 3.32. The molecule has 0 atom stereocenters. The number of H-pyrrole nitrogens is 1. The maximum absolute atomic E-state index is 5.92. The van der Waals surface area contributed by atoms with E-state index in [1.54, 1.807) is 12.4 Å². The zero-order chi connectivity index (χ0) is 14.2. The fourth-order valence-corrected chi connectivity index (χ4v) is 2.36. The lowest BCUT2D eigenvalue weighted by molar-refractivity contribution is 1.09. The Morgan fingerprint density at radius 3 is 3.05 bits per heavy atom. The lowest BCUT2D eigenvalue weighted by Crippen LogP contribution is -1.96. The highest BCUT2D eigenvalue weighted by atomic mass is 35.5. The topological polar surface area (TPSA) is 79.4 Å². The summed E-state index contributed by atoms with van der Waals surface area (Å²) in [5, 5.41) is 12.0. The Morgan fingerprint density at radius 1 is 1.14 bits per heavy atom. The van der Waals surface area contributed by atoms with E-state index in [9.17, 15) is 0 Å². The number of nitrogens with zero attached hydrogens (tertiary/aromatic N) is 4. The molecule has 0 fully saturated rings. The van der Waals surface area contributed by atoms with Crippen LogP contribution in [-0.4, -0.2) is 25.1 Å². The summed E-state index contributed by atoms with van der Waals surface area (Å²) in [6, 6.07) is 9.81. The van der Waals surface area contributed by atoms with Crippen LogP contribution in [0.4, 0.5) is 11.5 Å². The first-order valence-electron chi connectivity index (χ1n) is 6.28. The van der Waals surface area contributed by atoms with Gasteiger partial charge in [-0.15, -0.1) is 0 Å². The molecular weight excluding hydrogens is 288 g/mol. The Hall–Kier alpha value is -2.73. The van der Waals surface area contributed by atoms with Gasteiger partial charge >= 0.3 is 0 Å². The van der Waals surface area contributed by atoms with Gasteiger partial charge in [-0.25, -0.2) is 0 Å². The van der Waals surface area contributed by atoms with Crippen molar-refractivity contribution in [1.29, 1.82) is 0 Å². The number of aromatic nitrogens is 5. The minimum atomic E-state index is 0.164. The largest absolute Gasteiger partial charge is 0.339 e. The van der Waals surface area contributed by atoms with Crippen LogP contribution in [0.2, 0.25) is 5.28 Å². The first-order chi connectivity index (χ1) is 10.3. The lowest BCUT2D eigenvalue weighted by Gasteiger charge is -2.07. The van der Waals surface area contributed by atoms with Crippen LogP contribution >= 0.6 is 11.6 Å². The maximum Gasteiger partial charge on any atom is 0.226 e. The average molecular weight is 297 g/mol. The number of anilines is 2. The highest BCUT2D eigenvalue weighted by molar-refractivity contribution is 6.28. The predicted molar refractivity (Wildman–Crippen MR) is 81.7 cm³/mol. The summed E-state index contributed by atoms with van der Waals surface area (Å²) in [5.41, 5.74) is 2.44. The van der Waals surface area contributed by atoms with Crippen LogP contribution in [-0.2, 0) is 0 Å². The van der Waals surface area contributed by atoms with Gasteiger partial charge < -0.3 is 5.32 Å². The van der Waals surface area contributed by atoms with E-state index >= 15 is 0 Å². The van der Waals surface area contributed by atoms with Crippen molar-refractivity contribution in [3.05, 3.63) is 48.0 Å². The Kier molecular flexibility index (Phi) is 2.68. The molecule has 0 aliphatic rings. The third-order valence-electron chi connectivity index (χ3n) is 3.15. The number of fused-ring (bicyclic) bond motifs is 2. The quantitative estimate of drug-likeness (QED) is 0.555. The average Bonchev–Trinajstić information content (AvgIpc) is 2.95. The molecule has 3 aromatic heterocycles. The van der Waals surface area contributed by atoms with Gasteiger partial charge in [-0.1, -0.05) is 6.07 Å². The summed E-state index contributed by atoms with van der Waals surface area (Å²) in [5.74, 6) is 0.613. The van der Waals surface area contributed by atoms with Gasteiger partial charge in [0, 0.05) is 17.3 Å². The van der Waals surface area contributed by atoms with Gasteiger partial charge in [0.25, 0.3) is 0 Å². The van der Waals surface area contributed by atoms with Gasteiger partial charge in [-0.3, -0.25) is 10.1 Å². The zero-order valence-electron chi connectivity index (χ0n) is 10.7. The molecule has 1 aromatic carbocycles. The molecule has 2 N–H and O–H groups in total. The molecule has 0 amide bonds. The molecule has 0 saturated carbocycles. The highest BCUT2D eigenvalue weighted by Crippen LogP contribution is 2.25. The van der Waals surface area contributed by atoms with Crippen molar-refractivity contribution in [2.24, 2.45) is 0 Å². The number of benzene rings is 1. The predicted octanol–water partition coefficient (Wildman–Crippen LogP) is 3.30. The number of hydrogen-bond acceptors (Lipinski definition) is 5. The first kappa shape index (κ1) is 12.0. The van der Waals surface area contributed by atoms with Crippen LogP contribution in [0.25, 0.3) is 21.9 Å². The van der Waals surface area contributed by atoms with E-state index in [1.165, 1.54) is 0 Å². The van der Waals surface area contributed by atoms with E-state index in [0.29, 0.717) is 11.5 Å². The van der Waals surface area contributed by atoms with Gasteiger partial charge in [0.1, 0.15) is 5.82 Å². The molecule has 0 bridgehead atoms. The molecule has 102 valence electrons. The van der Waals surface area contributed by atoms with Gasteiger partial charge in [0.05, 0.1) is 17.1 Å². The van der Waals surface area contributed by atoms with Crippen LogP contribution in [0.5, 0.6) is 0 Å². The van der Waals surface area contributed by atoms with Crippen molar-refractivity contribution in [3.8, 4) is 0 Å². The van der Waals surface area contributed by atoms with Gasteiger partial charge in [-0.2, -0.15) is 15.1 Å². The van der Waals surface area contributed by atoms with E-state index < -0.39 is 0 Å². The van der Waals surface area contributed by atoms with Gasteiger partial charge in [0.2, 0.25) is 5.28 Å². The summed E-state index contributed by atoms with van der Waals surface area (Å²) in [7, 11) is 0. The lowest BCUT2D eigenvalue weighted by atomic mass is 10.2. The molecule has 0 spiro atoms. The molecular formula is C14H9ClN6. The van der Waals surface area contributed by atoms with E-state index in [4.69, 9.17) is 11.6 Å². The van der Waals surface area contributed by atoms with Crippen LogP contribution in [0, 0.1) is 0 Å². The number of aromatic amines is 1. The molecule has 7 heteroatoms. The normalized spacial score (nSPS) is 11.1. The molecule has 0 aliphatic carbocycles. The molecule has 0 radical (unpaired) electrons. The van der Waals surface area contributed by atoms with Crippen LogP contribution in [0.1, 0.15) is 0 Å². The Balaban J connectivity index is 1.80. The minimum absolute atomic E-state index is 0.164. The van der Waals surface area contributed by atoms with Crippen molar-refractivity contribution in [3.63, 3.8) is 0 Å². The number of rotatable bonds is 2. The van der Waals surface area contributed by atoms with Crippen molar-refractivity contribution < 1.29 is 0 Å². The zero-order valence-corrected chi connectivity index (χ0v) is 11.5. The summed E-state index contributed by atoms with van der Waals surface area (Å²) in [4.78, 5) is 12.6. The molecule has 6 nitrogen and oxygen atoms in total. The maximum atomic E-state index is 5.92. The number of pyridine rings is 1. The second kappa shape index (κ2) is 4.68. The van der Waals surface area contributed by atoms with E-state index in [1.807, 2.05) is 30.3 Å². The first-order valence-corrected chi connectivity index (χ1v) is 6.66. The second-order valence-corrected chi connectivity index (χ2v) is 4.85. The minimum Gasteiger partial charge on any atom is -0.339 e. The monoisotopic (exact) mass is 296 g/mol. The molecule has 0 unspecified atom stereocenters. The van der Waals surface area contributed by atoms with Crippen LogP contribution in [0.3, 0.4) is 0 Å². The summed E-state index contributed by atoms with van der Waals surface area (Å²) >= 11 is 5.92. The van der Waals surface area contributed by atoms with Crippen molar-refractivity contribution in [1.82, 2.24) is 25.1 Å². The van der Waals surface area contributed by atoms with E-state index in [0.717, 1.165) is 22.0 Å². The number of halogens is 1. The van der Waals surface area contributed by atoms with Crippen molar-refractivity contribution >= 4 is 45.0 Å². The molecule has 4 aromatic rings. The van der Waals surface area contributed by atoms with E-state index in [-0.39, 0.29) is 5.28 Å². The SMILES string of the molecule is Clc1nc(Nc2ccc3ncccc3c2)c2cn[nH]c2n1. The van der Waals surface area contributed by atoms with Gasteiger partial charge in [-0.05, 0) is 35.9 Å². The summed E-state index contributed by atoms with van der Waals surface area (Å²) < 4.78 is 0. The van der Waals surface area contributed by atoms with E-state index in [2.05, 4.69) is 30.5 Å². The smallest absolute Gasteiger partial charge is 0.226 e.